The summed E-state index contributed by atoms with van der Waals surface area (Å²) in [6.45, 7) is 5.10. The number of alkyl halides is 1. The van der Waals surface area contributed by atoms with Crippen LogP contribution in [0, 0.1) is 22.7 Å². The molecule has 1 fully saturated rings. The number of ether oxygens (including phenoxy) is 1. The van der Waals surface area contributed by atoms with Crippen molar-refractivity contribution in [3.63, 3.8) is 0 Å². The molecule has 148 valence electrons. The second kappa shape index (κ2) is 6.36. The third-order valence-electron chi connectivity index (χ3n) is 7.22. The highest BCUT2D eigenvalue weighted by molar-refractivity contribution is 6.02. The summed E-state index contributed by atoms with van der Waals surface area (Å²) in [6.07, 6.45) is 9.51. The van der Waals surface area contributed by atoms with Gasteiger partial charge in [0, 0.05) is 23.3 Å². The fraction of sp³-hybridized carbons (Fsp3) is 0.522. The van der Waals surface area contributed by atoms with Crippen molar-refractivity contribution in [2.24, 2.45) is 22.7 Å². The number of hydrogen-bond donors (Lipinski definition) is 0. The van der Waals surface area contributed by atoms with Gasteiger partial charge in [-0.1, -0.05) is 30.7 Å². The van der Waals surface area contributed by atoms with Crippen LogP contribution in [0.1, 0.15) is 40.0 Å². The highest BCUT2D eigenvalue weighted by Gasteiger charge is 2.56. The number of esters is 1. The van der Waals surface area contributed by atoms with E-state index in [-0.39, 0.29) is 35.4 Å². The lowest BCUT2D eigenvalue weighted by atomic mass is 9.52. The Balaban J connectivity index is 1.67. The van der Waals surface area contributed by atoms with Crippen LogP contribution in [0.25, 0.3) is 0 Å². The maximum atomic E-state index is 15.1. The number of ketones is 2. The van der Waals surface area contributed by atoms with Crippen LogP contribution in [0.2, 0.25) is 0 Å². The lowest BCUT2D eigenvalue weighted by Crippen LogP contribution is -2.46. The van der Waals surface area contributed by atoms with Gasteiger partial charge in [0.05, 0.1) is 0 Å². The number of allylic oxidation sites excluding steroid dienone is 7. The van der Waals surface area contributed by atoms with E-state index in [9.17, 15) is 14.4 Å². The Morgan fingerprint density at radius 1 is 1.25 bits per heavy atom. The number of carbonyl (C=O) groups is 3. The minimum absolute atomic E-state index is 0.0176. The van der Waals surface area contributed by atoms with Crippen LogP contribution in [0.5, 0.6) is 0 Å². The number of fused-ring (bicyclic) bond motifs is 5. The van der Waals surface area contributed by atoms with Crippen molar-refractivity contribution in [3.05, 3.63) is 47.1 Å². The topological polar surface area (TPSA) is 60.4 Å². The molecule has 5 heteroatoms. The Morgan fingerprint density at radius 3 is 2.71 bits per heavy atom. The first kappa shape index (κ1) is 19.0. The Hall–Kier alpha value is -2.30. The van der Waals surface area contributed by atoms with Gasteiger partial charge in [0.2, 0.25) is 0 Å². The molecule has 0 aromatic heterocycles. The molecule has 0 heterocycles. The van der Waals surface area contributed by atoms with Gasteiger partial charge in [-0.05, 0) is 55.7 Å². The second-order valence-corrected chi connectivity index (χ2v) is 8.79. The number of hydrogen-bond acceptors (Lipinski definition) is 4. The molecule has 4 rings (SSSR count). The molecule has 5 atom stereocenters. The van der Waals surface area contributed by atoms with Gasteiger partial charge in [0.15, 0.2) is 18.2 Å². The van der Waals surface area contributed by atoms with E-state index in [1.807, 2.05) is 19.1 Å². The van der Waals surface area contributed by atoms with Crippen molar-refractivity contribution in [1.82, 2.24) is 0 Å². The summed E-state index contributed by atoms with van der Waals surface area (Å²) in [5.74, 6) is -0.649. The minimum Gasteiger partial charge on any atom is -0.457 e. The van der Waals surface area contributed by atoms with Crippen molar-refractivity contribution in [2.45, 2.75) is 46.2 Å². The van der Waals surface area contributed by atoms with Gasteiger partial charge in [-0.3, -0.25) is 14.4 Å². The molecule has 2 unspecified atom stereocenters. The Labute approximate surface area is 164 Å². The van der Waals surface area contributed by atoms with Gasteiger partial charge < -0.3 is 4.74 Å². The van der Waals surface area contributed by atoms with Crippen LogP contribution in [0.15, 0.2) is 47.1 Å². The number of carbonyl (C=O) groups excluding carboxylic acids is 3. The summed E-state index contributed by atoms with van der Waals surface area (Å²) < 4.78 is 20.0. The maximum absolute atomic E-state index is 15.1. The van der Waals surface area contributed by atoms with Crippen LogP contribution >= 0.6 is 0 Å². The molecule has 0 bridgehead atoms. The first-order chi connectivity index (χ1) is 13.2. The molecule has 28 heavy (non-hydrogen) atoms. The Bertz CT molecular complexity index is 892. The van der Waals surface area contributed by atoms with Gasteiger partial charge in [-0.25, -0.2) is 4.39 Å². The molecule has 0 saturated heterocycles. The fourth-order valence-corrected chi connectivity index (χ4v) is 5.79. The molecule has 0 radical (unpaired) electrons. The average Bonchev–Trinajstić information content (AvgIpc) is 2.99. The van der Waals surface area contributed by atoms with Crippen molar-refractivity contribution >= 4 is 17.5 Å². The molecule has 0 amide bonds. The van der Waals surface area contributed by atoms with Crippen LogP contribution in [-0.2, 0) is 19.1 Å². The molecule has 0 aromatic carbocycles. The van der Waals surface area contributed by atoms with Crippen molar-refractivity contribution in [1.29, 1.82) is 0 Å². The summed E-state index contributed by atoms with van der Waals surface area (Å²) >= 11 is 0. The second-order valence-electron chi connectivity index (χ2n) is 8.79. The SMILES string of the molecule is CC(=O)OCC(=O)C1=CCC2C3C[C@H](F)C4=CC(=O)C=C[C@]4(C)C3=CC[C@]12C. The van der Waals surface area contributed by atoms with E-state index in [2.05, 4.69) is 13.0 Å². The lowest BCUT2D eigenvalue weighted by Gasteiger charge is -2.52. The average molecular weight is 384 g/mol. The van der Waals surface area contributed by atoms with E-state index in [4.69, 9.17) is 4.74 Å². The largest absolute Gasteiger partial charge is 0.457 e. The smallest absolute Gasteiger partial charge is 0.303 e. The van der Waals surface area contributed by atoms with Crippen LogP contribution in [0.3, 0.4) is 0 Å². The molecule has 0 aliphatic heterocycles. The van der Waals surface area contributed by atoms with E-state index in [1.165, 1.54) is 24.6 Å². The van der Waals surface area contributed by atoms with Gasteiger partial charge in [-0.2, -0.15) is 0 Å². The van der Waals surface area contributed by atoms with Crippen LogP contribution in [0.4, 0.5) is 4.39 Å². The van der Waals surface area contributed by atoms with Crippen LogP contribution < -0.4 is 0 Å². The van der Waals surface area contributed by atoms with Crippen molar-refractivity contribution in [3.8, 4) is 0 Å². The summed E-state index contributed by atoms with van der Waals surface area (Å²) in [7, 11) is 0. The molecular weight excluding hydrogens is 359 g/mol. The van der Waals surface area contributed by atoms with Gasteiger partial charge >= 0.3 is 5.97 Å². The molecule has 4 aliphatic carbocycles. The van der Waals surface area contributed by atoms with Crippen LogP contribution in [-0.4, -0.2) is 30.3 Å². The summed E-state index contributed by atoms with van der Waals surface area (Å²) in [6, 6.07) is 0. The van der Waals surface area contributed by atoms with E-state index >= 15 is 4.39 Å². The van der Waals surface area contributed by atoms with Crippen molar-refractivity contribution in [2.75, 3.05) is 6.61 Å². The Morgan fingerprint density at radius 2 is 2.00 bits per heavy atom. The molecule has 0 N–H and O–H groups in total. The number of Topliss-reactive ketones (excluding diaryl/α,β-unsaturated/α-hetero) is 1. The van der Waals surface area contributed by atoms with E-state index < -0.39 is 17.6 Å². The third-order valence-corrected chi connectivity index (χ3v) is 7.22. The molecule has 0 spiro atoms. The normalized spacial score (nSPS) is 38.5. The van der Waals surface area contributed by atoms with E-state index in [0.717, 1.165) is 0 Å². The summed E-state index contributed by atoms with van der Waals surface area (Å²) in [4.78, 5) is 35.5. The standard InChI is InChI=1S/C23H25FO4/c1-13(25)28-12-21(27)18-5-4-16-15-11-20(24)19-10-14(26)6-8-23(19,3)17(15)7-9-22(16,18)2/h5-8,10,15-16,20H,4,9,11-12H2,1-3H3/t15?,16?,20-,22-,23+/m0/s1. The minimum atomic E-state index is -1.16. The van der Waals surface area contributed by atoms with Gasteiger partial charge in [0.25, 0.3) is 0 Å². The fourth-order valence-electron chi connectivity index (χ4n) is 5.79. The highest BCUT2D eigenvalue weighted by Crippen LogP contribution is 2.62. The first-order valence-electron chi connectivity index (χ1n) is 9.84. The summed E-state index contributed by atoms with van der Waals surface area (Å²) in [5, 5.41) is 0. The zero-order chi connectivity index (χ0) is 20.3. The Kier molecular flexibility index (Phi) is 4.32. The summed E-state index contributed by atoms with van der Waals surface area (Å²) in [5.41, 5.74) is 1.48. The van der Waals surface area contributed by atoms with E-state index in [1.54, 1.807) is 0 Å². The lowest BCUT2D eigenvalue weighted by molar-refractivity contribution is -0.145. The van der Waals surface area contributed by atoms with E-state index in [0.29, 0.717) is 30.4 Å². The third kappa shape index (κ3) is 2.66. The predicted octanol–water partition coefficient (Wildman–Crippen LogP) is 3.83. The zero-order valence-electron chi connectivity index (χ0n) is 16.5. The number of halogens is 1. The molecule has 1 saturated carbocycles. The van der Waals surface area contributed by atoms with Gasteiger partial charge in [-0.15, -0.1) is 0 Å². The quantitative estimate of drug-likeness (QED) is 0.548. The number of rotatable bonds is 3. The molecular formula is C23H25FO4. The zero-order valence-corrected chi connectivity index (χ0v) is 16.5. The highest BCUT2D eigenvalue weighted by atomic mass is 19.1. The molecule has 4 nitrogen and oxygen atoms in total. The maximum Gasteiger partial charge on any atom is 0.303 e. The molecule has 4 aliphatic rings. The van der Waals surface area contributed by atoms with Gasteiger partial charge in [0.1, 0.15) is 6.17 Å². The molecule has 0 aromatic rings. The first-order valence-corrected chi connectivity index (χ1v) is 9.84. The predicted molar refractivity (Wildman–Crippen MR) is 102 cm³/mol. The monoisotopic (exact) mass is 384 g/mol. The van der Waals surface area contributed by atoms with Crippen molar-refractivity contribution < 1.29 is 23.5 Å².